The summed E-state index contributed by atoms with van der Waals surface area (Å²) in [7, 11) is -3.87. The summed E-state index contributed by atoms with van der Waals surface area (Å²) in [6.45, 7) is 0. The third kappa shape index (κ3) is 4.05. The predicted octanol–water partition coefficient (Wildman–Crippen LogP) is 5.54. The van der Waals surface area contributed by atoms with Gasteiger partial charge in [-0.15, -0.1) is 11.3 Å². The Morgan fingerprint density at radius 3 is 2.21 bits per heavy atom. The lowest BCUT2D eigenvalue weighted by Gasteiger charge is -2.13. The molecule has 0 aliphatic heterocycles. The summed E-state index contributed by atoms with van der Waals surface area (Å²) in [5, 5.41) is 3.61. The molecule has 0 aliphatic carbocycles. The van der Waals surface area contributed by atoms with Crippen molar-refractivity contribution in [1.82, 2.24) is 9.97 Å². The molecule has 4 rings (SSSR count). The van der Waals surface area contributed by atoms with Crippen molar-refractivity contribution in [2.45, 2.75) is 4.21 Å². The summed E-state index contributed by atoms with van der Waals surface area (Å²) < 4.78 is 28.4. The van der Waals surface area contributed by atoms with Crippen LogP contribution in [-0.4, -0.2) is 18.4 Å². The van der Waals surface area contributed by atoms with Crippen LogP contribution in [-0.2, 0) is 10.0 Å². The molecular formula is C18H12Cl2N4O2S2. The maximum atomic E-state index is 12.7. The van der Waals surface area contributed by atoms with E-state index in [1.807, 2.05) is 6.07 Å². The van der Waals surface area contributed by atoms with E-state index in [4.69, 9.17) is 23.2 Å². The summed E-state index contributed by atoms with van der Waals surface area (Å²) in [6, 6.07) is 17.2. The van der Waals surface area contributed by atoms with Crippen molar-refractivity contribution in [2.24, 2.45) is 0 Å². The topological polar surface area (TPSA) is 84.0 Å². The Kier molecular flexibility index (Phi) is 5.11. The fourth-order valence-electron chi connectivity index (χ4n) is 2.48. The normalized spacial score (nSPS) is 11.5. The molecule has 0 atom stereocenters. The van der Waals surface area contributed by atoms with Crippen molar-refractivity contribution < 1.29 is 8.42 Å². The van der Waals surface area contributed by atoms with Gasteiger partial charge in [0.25, 0.3) is 10.0 Å². The third-order valence-electron chi connectivity index (χ3n) is 3.70. The first kappa shape index (κ1) is 18.9. The van der Waals surface area contributed by atoms with Gasteiger partial charge in [-0.2, -0.15) is 0 Å². The van der Waals surface area contributed by atoms with E-state index in [0.717, 1.165) is 11.3 Å². The van der Waals surface area contributed by atoms with Crippen molar-refractivity contribution in [3.05, 3.63) is 70.0 Å². The van der Waals surface area contributed by atoms with Crippen LogP contribution in [0.4, 0.5) is 17.3 Å². The van der Waals surface area contributed by atoms with Gasteiger partial charge in [0.05, 0.1) is 15.4 Å². The molecule has 142 valence electrons. The smallest absolute Gasteiger partial charge is 0.272 e. The Bertz CT molecular complexity index is 1280. The lowest BCUT2D eigenvalue weighted by Crippen LogP contribution is -2.15. The van der Waals surface area contributed by atoms with Crippen LogP contribution < -0.4 is 10.0 Å². The lowest BCUT2D eigenvalue weighted by atomic mass is 10.3. The number of halogens is 2. The molecule has 0 spiro atoms. The van der Waals surface area contributed by atoms with Gasteiger partial charge >= 0.3 is 0 Å². The van der Waals surface area contributed by atoms with Gasteiger partial charge in [-0.05, 0) is 42.5 Å². The van der Waals surface area contributed by atoms with Crippen LogP contribution in [0.1, 0.15) is 0 Å². The number of para-hydroxylation sites is 2. The second kappa shape index (κ2) is 7.56. The first-order valence-electron chi connectivity index (χ1n) is 7.98. The number of hydrogen-bond donors (Lipinski definition) is 2. The van der Waals surface area contributed by atoms with Crippen molar-refractivity contribution in [1.29, 1.82) is 0 Å². The largest absolute Gasteiger partial charge is 0.337 e. The standard InChI is InChI=1S/C18H12Cl2N4O2S2/c19-11-4-3-5-12(10-11)21-17-18(23-14-7-2-1-6-13(14)22-17)24-28(25,26)16-9-8-15(20)27-16/h1-10H,(H,21,22)(H,23,24). The predicted molar refractivity (Wildman–Crippen MR) is 114 cm³/mol. The van der Waals surface area contributed by atoms with Gasteiger partial charge in [-0.25, -0.2) is 18.4 Å². The number of hydrogen-bond acceptors (Lipinski definition) is 6. The van der Waals surface area contributed by atoms with Crippen LogP contribution in [0.15, 0.2) is 64.9 Å². The minimum absolute atomic E-state index is 0.0724. The van der Waals surface area contributed by atoms with Crippen LogP contribution in [0.3, 0.4) is 0 Å². The van der Waals surface area contributed by atoms with E-state index >= 15 is 0 Å². The zero-order valence-electron chi connectivity index (χ0n) is 14.1. The molecule has 0 radical (unpaired) electrons. The lowest BCUT2D eigenvalue weighted by molar-refractivity contribution is 0.603. The third-order valence-corrected chi connectivity index (χ3v) is 7.00. The van der Waals surface area contributed by atoms with Gasteiger partial charge in [-0.1, -0.05) is 41.4 Å². The van der Waals surface area contributed by atoms with Gasteiger partial charge < -0.3 is 5.32 Å². The van der Waals surface area contributed by atoms with Gasteiger partial charge in [-0.3, -0.25) is 4.72 Å². The highest BCUT2D eigenvalue weighted by molar-refractivity contribution is 7.94. The first-order chi connectivity index (χ1) is 13.4. The molecule has 2 aromatic heterocycles. The molecule has 0 fully saturated rings. The SMILES string of the molecule is O=S(=O)(Nc1nc2ccccc2nc1Nc1cccc(Cl)c1)c1ccc(Cl)s1. The summed E-state index contributed by atoms with van der Waals surface area (Å²) >= 11 is 12.9. The van der Waals surface area contributed by atoms with Crippen LogP contribution in [0.2, 0.25) is 9.36 Å². The van der Waals surface area contributed by atoms with Crippen LogP contribution >= 0.6 is 34.5 Å². The molecule has 0 unspecified atom stereocenters. The summed E-state index contributed by atoms with van der Waals surface area (Å²) in [4.78, 5) is 8.95. The molecule has 0 amide bonds. The van der Waals surface area contributed by atoms with Crippen molar-refractivity contribution in [3.8, 4) is 0 Å². The van der Waals surface area contributed by atoms with Crippen LogP contribution in [0.25, 0.3) is 11.0 Å². The summed E-state index contributed by atoms with van der Waals surface area (Å²) in [5.74, 6) is 0.329. The molecule has 4 aromatic rings. The van der Waals surface area contributed by atoms with E-state index in [1.54, 1.807) is 42.5 Å². The second-order valence-corrected chi connectivity index (χ2v) is 9.77. The fourth-order valence-corrected chi connectivity index (χ4v) is 5.16. The number of sulfonamides is 1. The molecular weight excluding hydrogens is 439 g/mol. The molecule has 10 heteroatoms. The first-order valence-corrected chi connectivity index (χ1v) is 11.0. The number of aromatic nitrogens is 2. The number of nitrogens with zero attached hydrogens (tertiary/aromatic N) is 2. The fraction of sp³-hybridized carbons (Fsp3) is 0. The summed E-state index contributed by atoms with van der Waals surface area (Å²) in [5.41, 5.74) is 1.83. The Labute approximate surface area is 175 Å². The van der Waals surface area contributed by atoms with Crippen molar-refractivity contribution in [3.63, 3.8) is 0 Å². The average Bonchev–Trinajstić information content (AvgIpc) is 3.09. The second-order valence-electron chi connectivity index (χ2n) is 5.71. The van der Waals surface area contributed by atoms with E-state index in [1.165, 1.54) is 12.1 Å². The highest BCUT2D eigenvalue weighted by Crippen LogP contribution is 2.30. The molecule has 2 N–H and O–H groups in total. The average molecular weight is 451 g/mol. The number of thiophene rings is 1. The van der Waals surface area contributed by atoms with Gasteiger partial charge in [0, 0.05) is 10.7 Å². The number of rotatable bonds is 5. The molecule has 28 heavy (non-hydrogen) atoms. The molecule has 6 nitrogen and oxygen atoms in total. The highest BCUT2D eigenvalue weighted by atomic mass is 35.5. The zero-order valence-corrected chi connectivity index (χ0v) is 17.2. The van der Waals surface area contributed by atoms with E-state index in [2.05, 4.69) is 20.0 Å². The Morgan fingerprint density at radius 2 is 1.57 bits per heavy atom. The van der Waals surface area contributed by atoms with E-state index in [0.29, 0.717) is 26.1 Å². The maximum Gasteiger partial charge on any atom is 0.272 e. The van der Waals surface area contributed by atoms with E-state index in [-0.39, 0.29) is 15.8 Å². The van der Waals surface area contributed by atoms with E-state index in [9.17, 15) is 8.42 Å². The maximum absolute atomic E-state index is 12.7. The Hall–Kier alpha value is -2.39. The zero-order chi connectivity index (χ0) is 19.7. The van der Waals surface area contributed by atoms with Crippen molar-refractivity contribution >= 4 is 72.9 Å². The quantitative estimate of drug-likeness (QED) is 0.416. The molecule has 0 saturated heterocycles. The van der Waals surface area contributed by atoms with Crippen molar-refractivity contribution in [2.75, 3.05) is 10.0 Å². The Balaban J connectivity index is 1.79. The molecule has 0 aliphatic rings. The van der Waals surface area contributed by atoms with E-state index < -0.39 is 10.0 Å². The summed E-state index contributed by atoms with van der Waals surface area (Å²) in [6.07, 6.45) is 0. The monoisotopic (exact) mass is 450 g/mol. The number of nitrogens with one attached hydrogen (secondary N) is 2. The molecule has 0 bridgehead atoms. The van der Waals surface area contributed by atoms with Gasteiger partial charge in [0.2, 0.25) is 0 Å². The molecule has 0 saturated carbocycles. The van der Waals surface area contributed by atoms with Gasteiger partial charge in [0.15, 0.2) is 11.6 Å². The van der Waals surface area contributed by atoms with Crippen LogP contribution in [0, 0.1) is 0 Å². The number of anilines is 3. The highest BCUT2D eigenvalue weighted by Gasteiger charge is 2.21. The van der Waals surface area contributed by atoms with Crippen LogP contribution in [0.5, 0.6) is 0 Å². The van der Waals surface area contributed by atoms with Gasteiger partial charge in [0.1, 0.15) is 4.21 Å². The molecule has 2 aromatic carbocycles. The number of fused-ring (bicyclic) bond motifs is 1. The minimum Gasteiger partial charge on any atom is -0.337 e. The number of benzene rings is 2. The molecule has 2 heterocycles. The Morgan fingerprint density at radius 1 is 0.857 bits per heavy atom. The minimum atomic E-state index is -3.87.